The van der Waals surface area contributed by atoms with E-state index >= 15 is 0 Å². The van der Waals surface area contributed by atoms with Gasteiger partial charge >= 0.3 is 12.1 Å². The largest absolute Gasteiger partial charge is 0.480 e. The van der Waals surface area contributed by atoms with Crippen molar-refractivity contribution in [2.45, 2.75) is 25.2 Å². The molecule has 2 unspecified atom stereocenters. The summed E-state index contributed by atoms with van der Waals surface area (Å²) < 4.78 is 10.3. The molecule has 1 heterocycles. The maximum Gasteiger partial charge on any atom is 0.410 e. The number of aliphatic carboxylic acids is 1. The smallest absolute Gasteiger partial charge is 0.410 e. The van der Waals surface area contributed by atoms with Gasteiger partial charge in [-0.2, -0.15) is 0 Å². The van der Waals surface area contributed by atoms with E-state index in [0.29, 0.717) is 0 Å². The van der Waals surface area contributed by atoms with Crippen LogP contribution in [0.4, 0.5) is 4.79 Å². The molecule has 2 atom stereocenters. The van der Waals surface area contributed by atoms with Gasteiger partial charge in [0.2, 0.25) is 0 Å². The third-order valence-electron chi connectivity index (χ3n) is 3.32. The van der Waals surface area contributed by atoms with E-state index in [0.717, 1.165) is 5.56 Å². The minimum Gasteiger partial charge on any atom is -0.480 e. The molecule has 2 rings (SSSR count). The zero-order valence-electron chi connectivity index (χ0n) is 11.2. The van der Waals surface area contributed by atoms with Crippen LogP contribution in [0.15, 0.2) is 30.3 Å². The Kier molecular flexibility index (Phi) is 4.57. The zero-order chi connectivity index (χ0) is 14.5. The van der Waals surface area contributed by atoms with Crippen molar-refractivity contribution in [1.29, 1.82) is 0 Å². The monoisotopic (exact) mass is 279 g/mol. The van der Waals surface area contributed by atoms with Crippen LogP contribution >= 0.6 is 0 Å². The number of likely N-dealkylation sites (tertiary alicyclic amines) is 1. The summed E-state index contributed by atoms with van der Waals surface area (Å²) in [6, 6.07) is 8.35. The molecule has 0 spiro atoms. The van der Waals surface area contributed by atoms with Gasteiger partial charge in [-0.25, -0.2) is 9.59 Å². The molecule has 1 amide bonds. The number of hydrogen-bond acceptors (Lipinski definition) is 4. The van der Waals surface area contributed by atoms with Crippen LogP contribution in [0.25, 0.3) is 0 Å². The first kappa shape index (κ1) is 14.3. The fourth-order valence-corrected chi connectivity index (χ4v) is 2.21. The Bertz CT molecular complexity index is 476. The molecule has 1 aromatic rings. The topological polar surface area (TPSA) is 76.1 Å². The molecule has 1 aliphatic rings. The van der Waals surface area contributed by atoms with E-state index in [1.165, 1.54) is 12.0 Å². The minimum atomic E-state index is -1.04. The zero-order valence-corrected chi connectivity index (χ0v) is 11.2. The van der Waals surface area contributed by atoms with Crippen LogP contribution in [-0.4, -0.2) is 47.9 Å². The number of hydrogen-bond donors (Lipinski definition) is 1. The number of benzene rings is 1. The van der Waals surface area contributed by atoms with Crippen LogP contribution in [-0.2, 0) is 20.9 Å². The number of carbonyl (C=O) groups excluding carboxylic acids is 1. The van der Waals surface area contributed by atoms with E-state index in [1.807, 2.05) is 30.3 Å². The predicted molar refractivity (Wildman–Crippen MR) is 70.2 cm³/mol. The molecule has 1 aliphatic heterocycles. The summed E-state index contributed by atoms with van der Waals surface area (Å²) in [4.78, 5) is 24.3. The molecular weight excluding hydrogens is 262 g/mol. The number of methoxy groups -OCH3 is 1. The van der Waals surface area contributed by atoms with Gasteiger partial charge in [0.05, 0.1) is 12.6 Å². The number of carboxylic acids is 1. The van der Waals surface area contributed by atoms with Gasteiger partial charge in [0.1, 0.15) is 12.6 Å². The van der Waals surface area contributed by atoms with Gasteiger partial charge in [-0.1, -0.05) is 30.3 Å². The van der Waals surface area contributed by atoms with Gasteiger partial charge in [0, 0.05) is 13.5 Å². The molecule has 0 aliphatic carbocycles. The maximum absolute atomic E-state index is 12.0. The van der Waals surface area contributed by atoms with Gasteiger partial charge < -0.3 is 14.6 Å². The molecule has 0 saturated carbocycles. The number of rotatable bonds is 4. The van der Waals surface area contributed by atoms with Gasteiger partial charge in [0.25, 0.3) is 0 Å². The van der Waals surface area contributed by atoms with Gasteiger partial charge in [-0.05, 0) is 5.56 Å². The lowest BCUT2D eigenvalue weighted by Gasteiger charge is -2.20. The van der Waals surface area contributed by atoms with Crippen LogP contribution in [0, 0.1) is 0 Å². The minimum absolute atomic E-state index is 0.125. The lowest BCUT2D eigenvalue weighted by Crippen LogP contribution is -2.40. The predicted octanol–water partition coefficient (Wildman–Crippen LogP) is 1.50. The Balaban J connectivity index is 1.95. The SMILES string of the molecule is COC1CC(C(=O)O)N(C(=O)OCc2ccccc2)C1. The third-order valence-corrected chi connectivity index (χ3v) is 3.32. The molecule has 1 fully saturated rings. The van der Waals surface area contributed by atoms with Crippen LogP contribution in [0.2, 0.25) is 0 Å². The number of amides is 1. The molecule has 1 aromatic carbocycles. The van der Waals surface area contributed by atoms with Crippen molar-refractivity contribution >= 4 is 12.1 Å². The van der Waals surface area contributed by atoms with Crippen molar-refractivity contribution in [2.75, 3.05) is 13.7 Å². The van der Waals surface area contributed by atoms with Gasteiger partial charge in [-0.15, -0.1) is 0 Å². The van der Waals surface area contributed by atoms with Crippen LogP contribution in [0.3, 0.4) is 0 Å². The second kappa shape index (κ2) is 6.38. The second-order valence-corrected chi connectivity index (χ2v) is 4.64. The Morgan fingerprint density at radius 3 is 2.65 bits per heavy atom. The standard InChI is InChI=1S/C14H17NO5/c1-19-11-7-12(13(16)17)15(8-11)14(18)20-9-10-5-3-2-4-6-10/h2-6,11-12H,7-9H2,1H3,(H,16,17). The fraction of sp³-hybridized carbons (Fsp3) is 0.429. The number of nitrogens with zero attached hydrogens (tertiary/aromatic N) is 1. The number of ether oxygens (including phenoxy) is 2. The summed E-state index contributed by atoms with van der Waals surface area (Å²) in [5.41, 5.74) is 0.857. The van der Waals surface area contributed by atoms with Crippen molar-refractivity contribution in [3.63, 3.8) is 0 Å². The molecule has 6 nitrogen and oxygen atoms in total. The Hall–Kier alpha value is -2.08. The van der Waals surface area contributed by atoms with E-state index in [2.05, 4.69) is 0 Å². The van der Waals surface area contributed by atoms with E-state index < -0.39 is 18.1 Å². The molecule has 1 saturated heterocycles. The van der Waals surface area contributed by atoms with E-state index in [-0.39, 0.29) is 25.7 Å². The Morgan fingerprint density at radius 2 is 2.05 bits per heavy atom. The van der Waals surface area contributed by atoms with Crippen molar-refractivity contribution < 1.29 is 24.2 Å². The summed E-state index contributed by atoms with van der Waals surface area (Å²) in [5.74, 6) is -1.04. The average Bonchev–Trinajstić information content (AvgIpc) is 2.90. The van der Waals surface area contributed by atoms with Crippen molar-refractivity contribution in [3.8, 4) is 0 Å². The van der Waals surface area contributed by atoms with Crippen LogP contribution < -0.4 is 0 Å². The van der Waals surface area contributed by atoms with Gasteiger partial charge in [0.15, 0.2) is 0 Å². The quantitative estimate of drug-likeness (QED) is 0.903. The summed E-state index contributed by atoms with van der Waals surface area (Å²) >= 11 is 0. The summed E-state index contributed by atoms with van der Waals surface area (Å²) in [6.07, 6.45) is -0.604. The van der Waals surface area contributed by atoms with E-state index in [1.54, 1.807) is 0 Å². The molecule has 1 N–H and O–H groups in total. The highest BCUT2D eigenvalue weighted by Crippen LogP contribution is 2.21. The normalized spacial score (nSPS) is 21.8. The average molecular weight is 279 g/mol. The first-order chi connectivity index (χ1) is 9.61. The molecule has 108 valence electrons. The summed E-state index contributed by atoms with van der Waals surface area (Å²) in [6.45, 7) is 0.362. The van der Waals surface area contributed by atoms with Crippen molar-refractivity contribution in [2.24, 2.45) is 0 Å². The van der Waals surface area contributed by atoms with Crippen molar-refractivity contribution in [3.05, 3.63) is 35.9 Å². The third kappa shape index (κ3) is 3.27. The lowest BCUT2D eigenvalue weighted by molar-refractivity contribution is -0.141. The van der Waals surface area contributed by atoms with Crippen LogP contribution in [0.1, 0.15) is 12.0 Å². The summed E-state index contributed by atoms with van der Waals surface area (Å²) in [5, 5.41) is 9.13. The van der Waals surface area contributed by atoms with E-state index in [4.69, 9.17) is 14.6 Å². The number of carboxylic acid groups (broad SMARTS) is 1. The lowest BCUT2D eigenvalue weighted by atomic mass is 10.2. The van der Waals surface area contributed by atoms with E-state index in [9.17, 15) is 9.59 Å². The molecule has 6 heteroatoms. The highest BCUT2D eigenvalue weighted by molar-refractivity contribution is 5.80. The Morgan fingerprint density at radius 1 is 1.35 bits per heavy atom. The highest BCUT2D eigenvalue weighted by atomic mass is 16.6. The van der Waals surface area contributed by atoms with Crippen molar-refractivity contribution in [1.82, 2.24) is 4.90 Å². The first-order valence-electron chi connectivity index (χ1n) is 6.34. The molecule has 20 heavy (non-hydrogen) atoms. The second-order valence-electron chi connectivity index (χ2n) is 4.64. The fourth-order valence-electron chi connectivity index (χ4n) is 2.21. The first-order valence-corrected chi connectivity index (χ1v) is 6.34. The molecule has 0 aromatic heterocycles. The van der Waals surface area contributed by atoms with Crippen LogP contribution in [0.5, 0.6) is 0 Å². The molecule has 0 radical (unpaired) electrons. The number of carbonyl (C=O) groups is 2. The summed E-state index contributed by atoms with van der Waals surface area (Å²) in [7, 11) is 1.50. The molecule has 0 bridgehead atoms. The highest BCUT2D eigenvalue weighted by Gasteiger charge is 2.40. The Labute approximate surface area is 116 Å². The van der Waals surface area contributed by atoms with Gasteiger partial charge in [-0.3, -0.25) is 4.90 Å². The molecular formula is C14H17NO5. The maximum atomic E-state index is 12.0.